The molecule has 10 heteroatoms. The van der Waals surface area contributed by atoms with E-state index in [2.05, 4.69) is 60.9 Å². The Hall–Kier alpha value is -2.58. The van der Waals surface area contributed by atoms with Crippen molar-refractivity contribution < 1.29 is 42.7 Å². The minimum atomic E-state index is -4.78. The summed E-state index contributed by atoms with van der Waals surface area (Å²) in [6.07, 6.45) is 37.6. The van der Waals surface area contributed by atoms with Crippen molar-refractivity contribution in [2.24, 2.45) is 0 Å². The molecule has 0 radical (unpaired) electrons. The lowest BCUT2D eigenvalue weighted by Gasteiger charge is -2.18. The van der Waals surface area contributed by atoms with Gasteiger partial charge in [0.15, 0.2) is 11.9 Å². The van der Waals surface area contributed by atoms with E-state index in [-0.39, 0.29) is 25.2 Å². The molecule has 0 aromatic heterocycles. The standard InChI is InChI=1S/C39H65O9P/c1-3-5-7-9-11-12-13-14-15-16-17-18-20-24-29-33-39(42)48-37(35-47-49(43,44)45)34-46-38(41)32-28-25-21-23-27-31-36(40)30-26-22-19-10-8-6-4-2/h5,7,11-12,14-15,19,22,26,30,37H,3-4,6,8-10,13,16-18,20-21,23-25,27-29,31-35H2,1-2H3,(H2,43,44,45)/b7-5-,12-11-,15-14-,22-19-,30-26+/t37-/m1/s1. The zero-order valence-electron chi connectivity index (χ0n) is 30.3. The van der Waals surface area contributed by atoms with Gasteiger partial charge < -0.3 is 19.3 Å². The van der Waals surface area contributed by atoms with Crippen molar-refractivity contribution in [3.05, 3.63) is 60.8 Å². The van der Waals surface area contributed by atoms with Gasteiger partial charge in [-0.2, -0.15) is 0 Å². The smallest absolute Gasteiger partial charge is 0.462 e. The molecule has 0 heterocycles. The van der Waals surface area contributed by atoms with Gasteiger partial charge in [-0.15, -0.1) is 0 Å². The maximum absolute atomic E-state index is 12.3. The second-order valence-electron chi connectivity index (χ2n) is 12.2. The number of esters is 2. The number of hydrogen-bond donors (Lipinski definition) is 2. The fourth-order valence-corrected chi connectivity index (χ4v) is 5.08. The Morgan fingerprint density at radius 3 is 1.82 bits per heavy atom. The fourth-order valence-electron chi connectivity index (χ4n) is 4.72. The molecule has 0 aromatic carbocycles. The van der Waals surface area contributed by atoms with E-state index in [4.69, 9.17) is 19.3 Å². The Kier molecular flexibility index (Phi) is 32.1. The Labute approximate surface area is 296 Å². The second kappa shape index (κ2) is 33.9. The van der Waals surface area contributed by atoms with Gasteiger partial charge in [0.1, 0.15) is 6.61 Å². The van der Waals surface area contributed by atoms with E-state index in [1.54, 1.807) is 12.2 Å². The van der Waals surface area contributed by atoms with E-state index in [0.29, 0.717) is 19.3 Å². The normalized spacial score (nSPS) is 13.1. The minimum Gasteiger partial charge on any atom is -0.462 e. The van der Waals surface area contributed by atoms with Crippen molar-refractivity contribution in [3.63, 3.8) is 0 Å². The zero-order valence-corrected chi connectivity index (χ0v) is 31.2. The van der Waals surface area contributed by atoms with Gasteiger partial charge in [0, 0.05) is 19.3 Å². The van der Waals surface area contributed by atoms with E-state index < -0.39 is 32.5 Å². The molecule has 49 heavy (non-hydrogen) atoms. The first kappa shape index (κ1) is 46.4. The predicted molar refractivity (Wildman–Crippen MR) is 198 cm³/mol. The van der Waals surface area contributed by atoms with Crippen LogP contribution in [0.5, 0.6) is 0 Å². The monoisotopic (exact) mass is 708 g/mol. The third-order valence-corrected chi connectivity index (χ3v) is 7.98. The van der Waals surface area contributed by atoms with Crippen LogP contribution in [0.2, 0.25) is 0 Å². The van der Waals surface area contributed by atoms with Crippen LogP contribution in [0.25, 0.3) is 0 Å². The lowest BCUT2D eigenvalue weighted by molar-refractivity contribution is -0.161. The predicted octanol–water partition coefficient (Wildman–Crippen LogP) is 10.1. The van der Waals surface area contributed by atoms with Crippen LogP contribution in [0.4, 0.5) is 0 Å². The summed E-state index contributed by atoms with van der Waals surface area (Å²) in [6, 6.07) is 0. The molecule has 9 nitrogen and oxygen atoms in total. The Balaban J connectivity index is 4.11. The number of hydrogen-bond acceptors (Lipinski definition) is 7. The molecule has 0 spiro atoms. The SMILES string of the molecule is CC/C=C\C/C=C\C/C=C\CCCCCCCC(=O)O[C@H](COC(=O)CCCCCCCC(=O)/C=C/C=C\CCCCC)COP(=O)(O)O. The van der Waals surface area contributed by atoms with Gasteiger partial charge in [0.2, 0.25) is 0 Å². The van der Waals surface area contributed by atoms with Crippen LogP contribution in [0.3, 0.4) is 0 Å². The van der Waals surface area contributed by atoms with Crippen LogP contribution in [0.1, 0.15) is 149 Å². The molecule has 0 bridgehead atoms. The molecular weight excluding hydrogens is 643 g/mol. The van der Waals surface area contributed by atoms with Crippen molar-refractivity contribution in [2.75, 3.05) is 13.2 Å². The fraction of sp³-hybridized carbons (Fsp3) is 0.667. The van der Waals surface area contributed by atoms with Crippen LogP contribution >= 0.6 is 7.82 Å². The Morgan fingerprint density at radius 2 is 1.16 bits per heavy atom. The lowest BCUT2D eigenvalue weighted by atomic mass is 10.1. The van der Waals surface area contributed by atoms with E-state index in [0.717, 1.165) is 83.5 Å². The first-order valence-corrected chi connectivity index (χ1v) is 20.1. The highest BCUT2D eigenvalue weighted by atomic mass is 31.2. The van der Waals surface area contributed by atoms with Crippen molar-refractivity contribution in [3.8, 4) is 0 Å². The summed E-state index contributed by atoms with van der Waals surface area (Å²) in [6.45, 7) is 3.38. The number of unbranched alkanes of at least 4 members (excludes halogenated alkanes) is 12. The first-order chi connectivity index (χ1) is 23.7. The van der Waals surface area contributed by atoms with Gasteiger partial charge in [-0.25, -0.2) is 4.57 Å². The zero-order chi connectivity index (χ0) is 36.3. The molecular formula is C39H65O9P. The van der Waals surface area contributed by atoms with Gasteiger partial charge in [-0.3, -0.25) is 18.9 Å². The van der Waals surface area contributed by atoms with Gasteiger partial charge in [0.05, 0.1) is 6.61 Å². The third kappa shape index (κ3) is 36.5. The molecule has 0 aliphatic rings. The molecule has 1 atom stereocenters. The molecule has 280 valence electrons. The number of carbonyl (C=O) groups excluding carboxylic acids is 3. The Morgan fingerprint density at radius 1 is 0.612 bits per heavy atom. The third-order valence-electron chi connectivity index (χ3n) is 7.50. The minimum absolute atomic E-state index is 0.115. The quantitative estimate of drug-likeness (QED) is 0.0170. The lowest BCUT2D eigenvalue weighted by Crippen LogP contribution is -2.29. The number of rotatable bonds is 33. The summed E-state index contributed by atoms with van der Waals surface area (Å²) < 4.78 is 26.2. The first-order valence-electron chi connectivity index (χ1n) is 18.5. The number of phosphoric acid groups is 1. The summed E-state index contributed by atoms with van der Waals surface area (Å²) >= 11 is 0. The molecule has 0 fully saturated rings. The van der Waals surface area contributed by atoms with Crippen molar-refractivity contribution in [2.45, 2.75) is 155 Å². The maximum Gasteiger partial charge on any atom is 0.469 e. The molecule has 0 aliphatic carbocycles. The Bertz CT molecular complexity index is 1040. The molecule has 0 aromatic rings. The summed E-state index contributed by atoms with van der Waals surface area (Å²) in [5.74, 6) is -0.889. The molecule has 0 aliphatic heterocycles. The highest BCUT2D eigenvalue weighted by Crippen LogP contribution is 2.36. The number of carbonyl (C=O) groups is 3. The highest BCUT2D eigenvalue weighted by Gasteiger charge is 2.22. The van der Waals surface area contributed by atoms with E-state index in [1.165, 1.54) is 19.3 Å². The van der Waals surface area contributed by atoms with Crippen LogP contribution in [-0.2, 0) is 32.9 Å². The largest absolute Gasteiger partial charge is 0.469 e. The van der Waals surface area contributed by atoms with Gasteiger partial charge in [-0.1, -0.05) is 120 Å². The maximum atomic E-state index is 12.3. The number of ketones is 1. The van der Waals surface area contributed by atoms with Gasteiger partial charge >= 0.3 is 19.8 Å². The average molecular weight is 709 g/mol. The summed E-state index contributed by atoms with van der Waals surface area (Å²) in [7, 11) is -4.78. The van der Waals surface area contributed by atoms with Crippen LogP contribution in [0.15, 0.2) is 60.8 Å². The number of phosphoric ester groups is 1. The second-order valence-corrected chi connectivity index (χ2v) is 13.4. The average Bonchev–Trinajstić information content (AvgIpc) is 3.06. The molecule has 0 rings (SSSR count). The van der Waals surface area contributed by atoms with Crippen molar-refractivity contribution in [1.29, 1.82) is 0 Å². The summed E-state index contributed by atoms with van der Waals surface area (Å²) in [4.78, 5) is 54.6. The summed E-state index contributed by atoms with van der Waals surface area (Å²) in [5.41, 5.74) is 0. The topological polar surface area (TPSA) is 136 Å². The molecule has 0 saturated heterocycles. The van der Waals surface area contributed by atoms with Gasteiger partial charge in [0.25, 0.3) is 0 Å². The van der Waals surface area contributed by atoms with E-state index >= 15 is 0 Å². The van der Waals surface area contributed by atoms with Gasteiger partial charge in [-0.05, 0) is 70.3 Å². The van der Waals surface area contributed by atoms with Crippen LogP contribution in [-0.4, -0.2) is 46.8 Å². The van der Waals surface area contributed by atoms with E-state index in [1.807, 2.05) is 6.08 Å². The molecule has 0 saturated carbocycles. The van der Waals surface area contributed by atoms with Crippen molar-refractivity contribution in [1.82, 2.24) is 0 Å². The molecule has 2 N–H and O–H groups in total. The van der Waals surface area contributed by atoms with Crippen LogP contribution in [0, 0.1) is 0 Å². The highest BCUT2D eigenvalue weighted by molar-refractivity contribution is 7.46. The van der Waals surface area contributed by atoms with Crippen LogP contribution < -0.4 is 0 Å². The number of allylic oxidation sites excluding steroid dienone is 10. The van der Waals surface area contributed by atoms with Crippen molar-refractivity contribution >= 4 is 25.5 Å². The van der Waals surface area contributed by atoms with E-state index in [9.17, 15) is 18.9 Å². The number of ether oxygens (including phenoxy) is 2. The molecule has 0 unspecified atom stereocenters. The summed E-state index contributed by atoms with van der Waals surface area (Å²) in [5, 5.41) is 0. The molecule has 0 amide bonds.